The van der Waals surface area contributed by atoms with Crippen molar-refractivity contribution in [3.05, 3.63) is 35.1 Å². The van der Waals surface area contributed by atoms with Crippen molar-refractivity contribution >= 4 is 5.91 Å². The molecule has 1 aromatic rings. The molecule has 3 N–H and O–H groups in total. The average Bonchev–Trinajstić information content (AvgIpc) is 2.48. The number of hydrogen-bond acceptors (Lipinski definition) is 2. The number of rotatable bonds is 2. The van der Waals surface area contributed by atoms with Crippen molar-refractivity contribution in [2.45, 2.75) is 38.6 Å². The van der Waals surface area contributed by atoms with Gasteiger partial charge in [-0.3, -0.25) is 4.79 Å². The monoisotopic (exact) mass is 288 g/mol. The molecule has 0 radical (unpaired) electrons. The molecule has 112 valence electrons. The lowest BCUT2D eigenvalue weighted by molar-refractivity contribution is 0.0922. The summed E-state index contributed by atoms with van der Waals surface area (Å²) in [5.41, 5.74) is 5.86. The van der Waals surface area contributed by atoms with E-state index in [0.29, 0.717) is 5.56 Å². The van der Waals surface area contributed by atoms with Gasteiger partial charge in [-0.05, 0) is 49.8 Å². The van der Waals surface area contributed by atoms with Crippen LogP contribution < -0.4 is 11.1 Å². The number of hydrogen-bond donors (Lipinski definition) is 2. The van der Waals surface area contributed by atoms with Crippen LogP contribution in [0.3, 0.4) is 0 Å². The van der Waals surface area contributed by atoms with E-state index in [1.165, 1.54) is 12.1 Å². The molecule has 0 aliphatic heterocycles. The zero-order valence-corrected chi connectivity index (χ0v) is 12.3. The smallest absolute Gasteiger partial charge is 0.251 e. The summed E-state index contributed by atoms with van der Waals surface area (Å²) >= 11 is 0. The molecule has 1 fully saturated rings. The molecule has 0 atom stereocenters. The van der Waals surface area contributed by atoms with Crippen molar-refractivity contribution in [2.24, 2.45) is 11.7 Å². The molecule has 0 heterocycles. The number of benzene rings is 1. The van der Waals surface area contributed by atoms with E-state index in [0.717, 1.165) is 31.6 Å². The van der Waals surface area contributed by atoms with Gasteiger partial charge < -0.3 is 11.1 Å². The van der Waals surface area contributed by atoms with Crippen LogP contribution in [0.4, 0.5) is 4.39 Å². The summed E-state index contributed by atoms with van der Waals surface area (Å²) in [6, 6.07) is 4.56. The third-order valence-electron chi connectivity index (χ3n) is 3.91. The van der Waals surface area contributed by atoms with Crippen LogP contribution in [0.2, 0.25) is 0 Å². The summed E-state index contributed by atoms with van der Waals surface area (Å²) in [5, 5.41) is 2.98. The molecule has 0 aromatic heterocycles. The maximum atomic E-state index is 13.8. The highest BCUT2D eigenvalue weighted by Gasteiger charge is 2.20. The van der Waals surface area contributed by atoms with Gasteiger partial charge in [0.15, 0.2) is 0 Å². The van der Waals surface area contributed by atoms with Crippen LogP contribution in [0.1, 0.15) is 48.5 Å². The van der Waals surface area contributed by atoms with Crippen molar-refractivity contribution in [3.8, 4) is 11.8 Å². The fourth-order valence-corrected chi connectivity index (χ4v) is 2.58. The van der Waals surface area contributed by atoms with Gasteiger partial charge in [0, 0.05) is 11.6 Å². The van der Waals surface area contributed by atoms with Gasteiger partial charge in [0.05, 0.1) is 12.1 Å². The molecule has 21 heavy (non-hydrogen) atoms. The van der Waals surface area contributed by atoms with Gasteiger partial charge in [-0.25, -0.2) is 4.39 Å². The minimum Gasteiger partial charge on any atom is -0.349 e. The van der Waals surface area contributed by atoms with Crippen molar-refractivity contribution in [1.82, 2.24) is 5.32 Å². The number of halogens is 1. The van der Waals surface area contributed by atoms with E-state index >= 15 is 0 Å². The van der Waals surface area contributed by atoms with Gasteiger partial charge in [-0.15, -0.1) is 0 Å². The maximum Gasteiger partial charge on any atom is 0.251 e. The molecule has 2 rings (SSSR count). The summed E-state index contributed by atoms with van der Waals surface area (Å²) in [7, 11) is 0. The lowest BCUT2D eigenvalue weighted by Crippen LogP contribution is -2.37. The predicted octanol–water partition coefficient (Wildman–Crippen LogP) is 2.44. The first-order chi connectivity index (χ1) is 10.1. The second kappa shape index (κ2) is 7.24. The zero-order chi connectivity index (χ0) is 15.2. The number of carbonyl (C=O) groups is 1. The first-order valence-electron chi connectivity index (χ1n) is 7.39. The first-order valence-corrected chi connectivity index (χ1v) is 7.39. The van der Waals surface area contributed by atoms with Crippen LogP contribution in [0.15, 0.2) is 18.2 Å². The lowest BCUT2D eigenvalue weighted by atomic mass is 9.87. The first kappa shape index (κ1) is 15.5. The Bertz CT molecular complexity index is 566. The Kier molecular flexibility index (Phi) is 5.35. The topological polar surface area (TPSA) is 55.1 Å². The van der Waals surface area contributed by atoms with E-state index in [1.807, 2.05) is 0 Å². The molecule has 3 nitrogen and oxygen atoms in total. The third-order valence-corrected chi connectivity index (χ3v) is 3.91. The van der Waals surface area contributed by atoms with Crippen LogP contribution in [0.5, 0.6) is 0 Å². The summed E-state index contributed by atoms with van der Waals surface area (Å²) < 4.78 is 13.8. The number of nitrogens with two attached hydrogens (primary N) is 1. The van der Waals surface area contributed by atoms with Crippen LogP contribution in [0.25, 0.3) is 0 Å². The van der Waals surface area contributed by atoms with E-state index in [-0.39, 0.29) is 24.1 Å². The van der Waals surface area contributed by atoms with Gasteiger partial charge in [0.1, 0.15) is 5.82 Å². The summed E-state index contributed by atoms with van der Waals surface area (Å²) in [6.45, 7) is 2.41. The van der Waals surface area contributed by atoms with Gasteiger partial charge in [-0.2, -0.15) is 0 Å². The molecule has 1 aliphatic carbocycles. The molecule has 0 saturated heterocycles. The zero-order valence-electron chi connectivity index (χ0n) is 12.3. The number of carbonyl (C=O) groups excluding carboxylic acids is 1. The minimum atomic E-state index is -0.485. The molecule has 1 aromatic carbocycles. The van der Waals surface area contributed by atoms with Gasteiger partial charge in [0.25, 0.3) is 5.91 Å². The second-order valence-electron chi connectivity index (χ2n) is 5.63. The predicted molar refractivity (Wildman–Crippen MR) is 81.2 cm³/mol. The Morgan fingerprint density at radius 3 is 2.71 bits per heavy atom. The van der Waals surface area contributed by atoms with Gasteiger partial charge in [0.2, 0.25) is 0 Å². The Morgan fingerprint density at radius 1 is 1.38 bits per heavy atom. The van der Waals surface area contributed by atoms with Gasteiger partial charge >= 0.3 is 0 Å². The lowest BCUT2D eigenvalue weighted by Gasteiger charge is -2.26. The van der Waals surface area contributed by atoms with E-state index < -0.39 is 5.82 Å². The van der Waals surface area contributed by atoms with Crippen LogP contribution in [-0.2, 0) is 0 Å². The van der Waals surface area contributed by atoms with Gasteiger partial charge in [-0.1, -0.05) is 18.8 Å². The van der Waals surface area contributed by atoms with E-state index in [2.05, 4.69) is 24.1 Å². The molecule has 0 spiro atoms. The minimum absolute atomic E-state index is 0.182. The molecule has 1 saturated carbocycles. The van der Waals surface area contributed by atoms with E-state index in [4.69, 9.17) is 5.73 Å². The van der Waals surface area contributed by atoms with Crippen molar-refractivity contribution < 1.29 is 9.18 Å². The van der Waals surface area contributed by atoms with E-state index in [1.54, 1.807) is 6.07 Å². The Hall–Kier alpha value is -1.86. The number of amides is 1. The van der Waals surface area contributed by atoms with Crippen molar-refractivity contribution in [3.63, 3.8) is 0 Å². The van der Waals surface area contributed by atoms with Crippen molar-refractivity contribution in [2.75, 3.05) is 6.54 Å². The highest BCUT2D eigenvalue weighted by atomic mass is 19.1. The molecular formula is C17H21FN2O. The van der Waals surface area contributed by atoms with E-state index in [9.17, 15) is 9.18 Å². The highest BCUT2D eigenvalue weighted by Crippen LogP contribution is 2.23. The van der Waals surface area contributed by atoms with Crippen molar-refractivity contribution in [1.29, 1.82) is 0 Å². The summed E-state index contributed by atoms with van der Waals surface area (Å²) in [4.78, 5) is 12.1. The number of nitrogens with one attached hydrogen (secondary N) is 1. The molecule has 1 amide bonds. The quantitative estimate of drug-likeness (QED) is 0.821. The SMILES string of the molecule is CC1CCC(NC(=O)c2ccc(C#CCN)c(F)c2)CC1. The normalized spacial score (nSPS) is 21.3. The molecular weight excluding hydrogens is 267 g/mol. The average molecular weight is 288 g/mol. The Labute approximate surface area is 125 Å². The fourth-order valence-electron chi connectivity index (χ4n) is 2.58. The Morgan fingerprint density at radius 2 is 2.10 bits per heavy atom. The largest absolute Gasteiger partial charge is 0.349 e. The summed E-state index contributed by atoms with van der Waals surface area (Å²) in [6.07, 6.45) is 4.25. The fraction of sp³-hybridized carbons (Fsp3) is 0.471. The van der Waals surface area contributed by atoms with Crippen LogP contribution >= 0.6 is 0 Å². The third kappa shape index (κ3) is 4.30. The molecule has 1 aliphatic rings. The summed E-state index contributed by atoms with van der Waals surface area (Å²) in [5.74, 6) is 5.28. The second-order valence-corrected chi connectivity index (χ2v) is 5.63. The van der Waals surface area contributed by atoms with Crippen LogP contribution in [-0.4, -0.2) is 18.5 Å². The molecule has 0 bridgehead atoms. The molecule has 4 heteroatoms. The molecule has 0 unspecified atom stereocenters. The van der Waals surface area contributed by atoms with Crippen LogP contribution in [0, 0.1) is 23.6 Å². The Balaban J connectivity index is 2.01. The standard InChI is InChI=1S/C17H21FN2O/c1-12-4-8-15(9-5-12)20-17(21)14-7-6-13(3-2-10-19)16(18)11-14/h6-7,11-12,15H,4-5,8-10,19H2,1H3,(H,20,21). The highest BCUT2D eigenvalue weighted by molar-refractivity contribution is 5.94. The maximum absolute atomic E-state index is 13.8.